The van der Waals surface area contributed by atoms with E-state index < -0.39 is 6.10 Å². The summed E-state index contributed by atoms with van der Waals surface area (Å²) in [6.07, 6.45) is 4.77. The molecule has 3 rings (SSSR count). The maximum absolute atomic E-state index is 12.3. The molecule has 1 amide bonds. The summed E-state index contributed by atoms with van der Waals surface area (Å²) in [5.41, 5.74) is 2.13. The summed E-state index contributed by atoms with van der Waals surface area (Å²) < 4.78 is 1.71. The number of hydrogen-bond donors (Lipinski definition) is 2. The smallest absolute Gasteiger partial charge is 0.253 e. The largest absolute Gasteiger partial charge is 0.391 e. The highest BCUT2D eigenvalue weighted by atomic mass is 16.3. The van der Waals surface area contributed by atoms with Gasteiger partial charge in [-0.1, -0.05) is 12.8 Å². The van der Waals surface area contributed by atoms with E-state index in [1.807, 2.05) is 20.0 Å². The van der Waals surface area contributed by atoms with E-state index in [9.17, 15) is 9.90 Å². The van der Waals surface area contributed by atoms with Crippen LogP contribution in [-0.4, -0.2) is 37.9 Å². The Bertz CT molecular complexity index is 680. The fourth-order valence-corrected chi connectivity index (χ4v) is 2.96. The van der Waals surface area contributed by atoms with Gasteiger partial charge in [-0.2, -0.15) is 5.10 Å². The lowest BCUT2D eigenvalue weighted by atomic mass is 9.92. The molecule has 1 fully saturated rings. The second kappa shape index (κ2) is 5.44. The zero-order chi connectivity index (χ0) is 15.0. The van der Waals surface area contributed by atoms with Crippen LogP contribution in [0.25, 0.3) is 11.0 Å². The molecule has 21 heavy (non-hydrogen) atoms. The summed E-state index contributed by atoms with van der Waals surface area (Å²) in [5.74, 6) is -0.182. The van der Waals surface area contributed by atoms with Crippen LogP contribution >= 0.6 is 0 Å². The number of aryl methyl sites for hydroxylation is 2. The van der Waals surface area contributed by atoms with Crippen molar-refractivity contribution < 1.29 is 9.90 Å². The molecule has 0 bridgehead atoms. The molecule has 1 aliphatic rings. The topological polar surface area (TPSA) is 80.0 Å². The monoisotopic (exact) mass is 288 g/mol. The van der Waals surface area contributed by atoms with Crippen LogP contribution in [0.1, 0.15) is 41.7 Å². The Morgan fingerprint density at radius 1 is 1.43 bits per heavy atom. The van der Waals surface area contributed by atoms with Gasteiger partial charge in [0.25, 0.3) is 5.91 Å². The van der Waals surface area contributed by atoms with E-state index in [4.69, 9.17) is 0 Å². The highest BCUT2D eigenvalue weighted by molar-refractivity contribution is 5.97. The van der Waals surface area contributed by atoms with Crippen molar-refractivity contribution in [1.29, 1.82) is 0 Å². The fourth-order valence-electron chi connectivity index (χ4n) is 2.96. The molecule has 0 radical (unpaired) electrons. The molecule has 0 aromatic carbocycles. The fraction of sp³-hybridized carbons (Fsp3) is 0.533. The third-order valence-corrected chi connectivity index (χ3v) is 4.17. The Morgan fingerprint density at radius 2 is 2.19 bits per heavy atom. The molecule has 6 nitrogen and oxygen atoms in total. The van der Waals surface area contributed by atoms with Crippen molar-refractivity contribution in [2.24, 2.45) is 7.05 Å². The number of fused-ring (bicyclic) bond motifs is 1. The molecule has 2 N–H and O–H groups in total. The molecule has 2 aromatic rings. The number of rotatable bonds is 2. The van der Waals surface area contributed by atoms with E-state index in [0.29, 0.717) is 5.56 Å². The van der Waals surface area contributed by atoms with Crippen molar-refractivity contribution in [2.75, 3.05) is 0 Å². The van der Waals surface area contributed by atoms with Crippen LogP contribution in [0.15, 0.2) is 12.3 Å². The van der Waals surface area contributed by atoms with Gasteiger partial charge in [-0.25, -0.2) is 4.98 Å². The SMILES string of the molecule is Cc1nn(C)c2ncc(C(=O)N[C@@H]3CCCC[C@H]3O)cc12. The van der Waals surface area contributed by atoms with Crippen LogP contribution < -0.4 is 5.32 Å². The second-order valence-corrected chi connectivity index (χ2v) is 5.74. The first-order chi connectivity index (χ1) is 10.1. The minimum absolute atomic E-state index is 0.156. The van der Waals surface area contributed by atoms with Crippen molar-refractivity contribution >= 4 is 16.9 Å². The molecule has 0 aliphatic heterocycles. The van der Waals surface area contributed by atoms with E-state index in [1.54, 1.807) is 10.9 Å². The number of carbonyl (C=O) groups excluding carboxylic acids is 1. The highest BCUT2D eigenvalue weighted by Crippen LogP contribution is 2.20. The van der Waals surface area contributed by atoms with Crippen molar-refractivity contribution in [3.63, 3.8) is 0 Å². The Morgan fingerprint density at radius 3 is 2.95 bits per heavy atom. The van der Waals surface area contributed by atoms with Crippen LogP contribution in [0, 0.1) is 6.92 Å². The Hall–Kier alpha value is -1.95. The average molecular weight is 288 g/mol. The average Bonchev–Trinajstić information content (AvgIpc) is 2.76. The third kappa shape index (κ3) is 2.63. The molecule has 1 saturated carbocycles. The lowest BCUT2D eigenvalue weighted by molar-refractivity contribution is 0.0717. The maximum atomic E-state index is 12.3. The number of aliphatic hydroxyl groups is 1. The van der Waals surface area contributed by atoms with Crippen molar-refractivity contribution in [1.82, 2.24) is 20.1 Å². The minimum atomic E-state index is -0.445. The van der Waals surface area contributed by atoms with Crippen molar-refractivity contribution in [3.05, 3.63) is 23.5 Å². The molecular weight excluding hydrogens is 268 g/mol. The Balaban J connectivity index is 1.82. The highest BCUT2D eigenvalue weighted by Gasteiger charge is 2.25. The molecule has 0 saturated heterocycles. The van der Waals surface area contributed by atoms with Gasteiger partial charge >= 0.3 is 0 Å². The molecule has 112 valence electrons. The van der Waals surface area contributed by atoms with E-state index in [1.165, 1.54) is 0 Å². The van der Waals surface area contributed by atoms with Crippen molar-refractivity contribution in [3.8, 4) is 0 Å². The van der Waals surface area contributed by atoms with Crippen LogP contribution in [-0.2, 0) is 7.05 Å². The molecule has 0 unspecified atom stereocenters. The maximum Gasteiger partial charge on any atom is 0.253 e. The van der Waals surface area contributed by atoms with Crippen LogP contribution in [0.2, 0.25) is 0 Å². The quantitative estimate of drug-likeness (QED) is 0.873. The van der Waals surface area contributed by atoms with Gasteiger partial charge in [0.15, 0.2) is 5.65 Å². The van der Waals surface area contributed by atoms with Gasteiger partial charge in [-0.15, -0.1) is 0 Å². The van der Waals surface area contributed by atoms with Gasteiger partial charge in [-0.05, 0) is 25.8 Å². The van der Waals surface area contributed by atoms with Crippen LogP contribution in [0.5, 0.6) is 0 Å². The number of aliphatic hydroxyl groups excluding tert-OH is 1. The number of nitrogens with zero attached hydrogens (tertiary/aromatic N) is 3. The van der Waals surface area contributed by atoms with E-state index in [2.05, 4.69) is 15.4 Å². The zero-order valence-electron chi connectivity index (χ0n) is 12.3. The van der Waals surface area contributed by atoms with Gasteiger partial charge in [0.1, 0.15) is 0 Å². The number of carbonyl (C=O) groups is 1. The predicted molar refractivity (Wildman–Crippen MR) is 79.0 cm³/mol. The molecular formula is C15H20N4O2. The summed E-state index contributed by atoms with van der Waals surface area (Å²) in [7, 11) is 1.83. The number of pyridine rings is 1. The molecule has 2 atom stereocenters. The third-order valence-electron chi connectivity index (χ3n) is 4.17. The van der Waals surface area contributed by atoms with Crippen molar-refractivity contribution in [2.45, 2.75) is 44.8 Å². The Kier molecular flexibility index (Phi) is 3.63. The van der Waals surface area contributed by atoms with Crippen LogP contribution in [0.4, 0.5) is 0 Å². The number of aromatic nitrogens is 3. The second-order valence-electron chi connectivity index (χ2n) is 5.74. The lowest BCUT2D eigenvalue weighted by Gasteiger charge is -2.28. The Labute approximate surface area is 123 Å². The normalized spacial score (nSPS) is 22.4. The molecule has 0 spiro atoms. The molecule has 6 heteroatoms. The standard InChI is InChI=1S/C15H20N4O2/c1-9-11-7-10(8-16-14(11)19(2)18-9)15(21)17-12-5-3-4-6-13(12)20/h7-8,12-13,20H,3-6H2,1-2H3,(H,17,21)/t12-,13-/m1/s1. The zero-order valence-corrected chi connectivity index (χ0v) is 12.3. The first kappa shape index (κ1) is 14.0. The summed E-state index contributed by atoms with van der Waals surface area (Å²) in [4.78, 5) is 16.6. The number of amides is 1. The van der Waals surface area contributed by atoms with E-state index in [-0.39, 0.29) is 11.9 Å². The van der Waals surface area contributed by atoms with Gasteiger partial charge in [0.2, 0.25) is 0 Å². The van der Waals surface area contributed by atoms with E-state index in [0.717, 1.165) is 42.4 Å². The minimum Gasteiger partial charge on any atom is -0.391 e. The number of hydrogen-bond acceptors (Lipinski definition) is 4. The summed E-state index contributed by atoms with van der Waals surface area (Å²) in [5, 5.41) is 18.0. The summed E-state index contributed by atoms with van der Waals surface area (Å²) in [6, 6.07) is 1.66. The lowest BCUT2D eigenvalue weighted by Crippen LogP contribution is -2.45. The number of nitrogens with one attached hydrogen (secondary N) is 1. The predicted octanol–water partition coefficient (Wildman–Crippen LogP) is 1.31. The molecule has 2 aromatic heterocycles. The summed E-state index contributed by atoms with van der Waals surface area (Å²) in [6.45, 7) is 1.90. The van der Waals surface area contributed by atoms with Gasteiger partial charge in [-0.3, -0.25) is 9.48 Å². The van der Waals surface area contributed by atoms with Crippen LogP contribution in [0.3, 0.4) is 0 Å². The molecule has 1 aliphatic carbocycles. The van der Waals surface area contributed by atoms with Gasteiger partial charge in [0, 0.05) is 18.6 Å². The van der Waals surface area contributed by atoms with Gasteiger partial charge < -0.3 is 10.4 Å². The first-order valence-electron chi connectivity index (χ1n) is 7.34. The summed E-state index contributed by atoms with van der Waals surface area (Å²) >= 11 is 0. The van der Waals surface area contributed by atoms with Gasteiger partial charge in [0.05, 0.1) is 23.4 Å². The molecule has 2 heterocycles. The van der Waals surface area contributed by atoms with E-state index >= 15 is 0 Å². The first-order valence-corrected chi connectivity index (χ1v) is 7.34.